The zero-order chi connectivity index (χ0) is 18.7. The minimum absolute atomic E-state index is 0. The Balaban J connectivity index is 0.00000261. The zero-order valence-electron chi connectivity index (χ0n) is 16.9. The van der Waals surface area contributed by atoms with Gasteiger partial charge in [-0.15, -0.1) is 34.2 Å². The van der Waals surface area contributed by atoms with Crippen molar-refractivity contribution in [2.24, 2.45) is 12.0 Å². The Bertz CT molecular complexity index is 791. The third-order valence-electron chi connectivity index (χ3n) is 5.08. The number of anilines is 1. The van der Waals surface area contributed by atoms with E-state index in [1.807, 2.05) is 25.6 Å². The van der Waals surface area contributed by atoms with Crippen molar-refractivity contribution in [2.45, 2.75) is 27.3 Å². The highest BCUT2D eigenvalue weighted by molar-refractivity contribution is 14.0. The molecule has 0 saturated carbocycles. The van der Waals surface area contributed by atoms with Crippen LogP contribution in [-0.2, 0) is 13.6 Å². The Morgan fingerprint density at radius 3 is 2.41 bits per heavy atom. The molecule has 8 heteroatoms. The first kappa shape index (κ1) is 21.5. The highest BCUT2D eigenvalue weighted by Gasteiger charge is 2.21. The van der Waals surface area contributed by atoms with Crippen LogP contribution in [-0.4, -0.2) is 58.9 Å². The lowest BCUT2D eigenvalue weighted by molar-refractivity contribution is 0.371. The minimum Gasteiger partial charge on any atom is -0.368 e. The molecule has 1 fully saturated rings. The normalized spacial score (nSPS) is 14.9. The third kappa shape index (κ3) is 4.91. The number of halogens is 1. The van der Waals surface area contributed by atoms with Crippen molar-refractivity contribution in [3.8, 4) is 0 Å². The number of nitrogens with one attached hydrogen (secondary N) is 1. The Morgan fingerprint density at radius 2 is 1.81 bits per heavy atom. The molecule has 7 nitrogen and oxygen atoms in total. The van der Waals surface area contributed by atoms with Crippen LogP contribution in [0.4, 0.5) is 5.69 Å². The first-order valence-corrected chi connectivity index (χ1v) is 9.12. The van der Waals surface area contributed by atoms with E-state index in [2.05, 4.69) is 62.4 Å². The second kappa shape index (κ2) is 9.38. The quantitative estimate of drug-likeness (QED) is 0.413. The lowest BCUT2D eigenvalue weighted by Crippen LogP contribution is -2.52. The van der Waals surface area contributed by atoms with E-state index in [0.717, 1.165) is 43.8 Å². The predicted molar refractivity (Wildman–Crippen MR) is 121 cm³/mol. The van der Waals surface area contributed by atoms with Crippen LogP contribution in [0.15, 0.2) is 23.2 Å². The molecule has 0 aliphatic carbocycles. The fraction of sp³-hybridized carbons (Fsp3) is 0.526. The van der Waals surface area contributed by atoms with Gasteiger partial charge in [-0.1, -0.05) is 12.1 Å². The SMILES string of the molecule is CN=C(NCc1nnc(C)n1C)N1CCN(c2cc(C)ccc2C)CC1.I. The number of benzene rings is 1. The maximum atomic E-state index is 4.45. The van der Waals surface area contributed by atoms with Crippen molar-refractivity contribution in [1.82, 2.24) is 25.0 Å². The van der Waals surface area contributed by atoms with E-state index < -0.39 is 0 Å². The van der Waals surface area contributed by atoms with E-state index >= 15 is 0 Å². The first-order chi connectivity index (χ1) is 12.5. The van der Waals surface area contributed by atoms with Gasteiger partial charge in [0.15, 0.2) is 11.8 Å². The molecule has 3 rings (SSSR count). The third-order valence-corrected chi connectivity index (χ3v) is 5.08. The molecule has 0 atom stereocenters. The number of guanidine groups is 1. The van der Waals surface area contributed by atoms with Crippen LogP contribution in [0.2, 0.25) is 0 Å². The van der Waals surface area contributed by atoms with E-state index in [1.165, 1.54) is 16.8 Å². The predicted octanol–water partition coefficient (Wildman–Crippen LogP) is 2.26. The van der Waals surface area contributed by atoms with Gasteiger partial charge in [0.25, 0.3) is 0 Å². The summed E-state index contributed by atoms with van der Waals surface area (Å²) in [5.74, 6) is 2.75. The molecule has 27 heavy (non-hydrogen) atoms. The number of nitrogens with zero attached hydrogens (tertiary/aromatic N) is 6. The molecular formula is C19H30IN7. The fourth-order valence-electron chi connectivity index (χ4n) is 3.31. The average Bonchev–Trinajstić information content (AvgIpc) is 2.97. The van der Waals surface area contributed by atoms with E-state index in [-0.39, 0.29) is 24.0 Å². The number of hydrogen-bond donors (Lipinski definition) is 1. The number of aromatic nitrogens is 3. The largest absolute Gasteiger partial charge is 0.368 e. The van der Waals surface area contributed by atoms with Crippen LogP contribution in [0.5, 0.6) is 0 Å². The van der Waals surface area contributed by atoms with E-state index in [4.69, 9.17) is 0 Å². The van der Waals surface area contributed by atoms with Crippen LogP contribution in [0, 0.1) is 20.8 Å². The van der Waals surface area contributed by atoms with Crippen LogP contribution in [0.3, 0.4) is 0 Å². The van der Waals surface area contributed by atoms with Crippen molar-refractivity contribution in [1.29, 1.82) is 0 Å². The summed E-state index contributed by atoms with van der Waals surface area (Å²) >= 11 is 0. The van der Waals surface area contributed by atoms with Gasteiger partial charge in [-0.05, 0) is 38.0 Å². The summed E-state index contributed by atoms with van der Waals surface area (Å²) in [6, 6.07) is 6.67. The molecule has 1 N–H and O–H groups in total. The molecule has 2 heterocycles. The summed E-state index contributed by atoms with van der Waals surface area (Å²) in [6.45, 7) is 10.8. The van der Waals surface area contributed by atoms with E-state index in [0.29, 0.717) is 6.54 Å². The van der Waals surface area contributed by atoms with Crippen molar-refractivity contribution < 1.29 is 0 Å². The molecule has 1 aromatic heterocycles. The average molecular weight is 483 g/mol. The Kier molecular flexibility index (Phi) is 7.46. The Labute approximate surface area is 178 Å². The molecule has 0 amide bonds. The molecule has 0 bridgehead atoms. The van der Waals surface area contributed by atoms with Gasteiger partial charge in [0.1, 0.15) is 5.82 Å². The summed E-state index contributed by atoms with van der Waals surface area (Å²) in [4.78, 5) is 9.23. The molecule has 1 aromatic carbocycles. The molecule has 0 spiro atoms. The van der Waals surface area contributed by atoms with Gasteiger partial charge in [0, 0.05) is 46.0 Å². The lowest BCUT2D eigenvalue weighted by Gasteiger charge is -2.38. The van der Waals surface area contributed by atoms with Crippen molar-refractivity contribution in [3.63, 3.8) is 0 Å². The second-order valence-corrected chi connectivity index (χ2v) is 6.89. The van der Waals surface area contributed by atoms with E-state index in [1.54, 1.807) is 0 Å². The lowest BCUT2D eigenvalue weighted by atomic mass is 10.1. The molecule has 148 valence electrons. The van der Waals surface area contributed by atoms with Crippen LogP contribution < -0.4 is 10.2 Å². The van der Waals surface area contributed by atoms with Gasteiger partial charge in [0.05, 0.1) is 6.54 Å². The van der Waals surface area contributed by atoms with Gasteiger partial charge >= 0.3 is 0 Å². The monoisotopic (exact) mass is 483 g/mol. The molecule has 2 aromatic rings. The molecule has 1 aliphatic heterocycles. The highest BCUT2D eigenvalue weighted by Crippen LogP contribution is 2.22. The summed E-state index contributed by atoms with van der Waals surface area (Å²) < 4.78 is 2.00. The topological polar surface area (TPSA) is 61.6 Å². The van der Waals surface area contributed by atoms with Crippen molar-refractivity contribution >= 4 is 35.6 Å². The maximum Gasteiger partial charge on any atom is 0.194 e. The molecule has 1 aliphatic rings. The molecule has 1 saturated heterocycles. The minimum atomic E-state index is 0. The summed E-state index contributed by atoms with van der Waals surface area (Å²) in [6.07, 6.45) is 0. The van der Waals surface area contributed by atoms with Gasteiger partial charge in [-0.3, -0.25) is 4.99 Å². The standard InChI is InChI=1S/C19H29N7.HI/c1-14-6-7-15(2)17(12-14)25-8-10-26(11-9-25)19(20-4)21-13-18-23-22-16(3)24(18)5;/h6-7,12H,8-11,13H2,1-5H3,(H,20,21);1H. The molecule has 0 radical (unpaired) electrons. The number of piperazine rings is 1. The maximum absolute atomic E-state index is 4.45. The van der Waals surface area contributed by atoms with Gasteiger partial charge in [0.2, 0.25) is 0 Å². The Morgan fingerprint density at radius 1 is 1.11 bits per heavy atom. The first-order valence-electron chi connectivity index (χ1n) is 9.12. The summed E-state index contributed by atoms with van der Waals surface area (Å²) in [5, 5.41) is 11.7. The second-order valence-electron chi connectivity index (χ2n) is 6.89. The van der Waals surface area contributed by atoms with Crippen LogP contribution in [0.1, 0.15) is 22.8 Å². The van der Waals surface area contributed by atoms with Crippen molar-refractivity contribution in [3.05, 3.63) is 41.0 Å². The number of aliphatic imine (C=N–C) groups is 1. The van der Waals surface area contributed by atoms with Gasteiger partial charge < -0.3 is 19.7 Å². The van der Waals surface area contributed by atoms with Crippen LogP contribution >= 0.6 is 24.0 Å². The smallest absolute Gasteiger partial charge is 0.194 e. The van der Waals surface area contributed by atoms with Gasteiger partial charge in [-0.2, -0.15) is 0 Å². The van der Waals surface area contributed by atoms with E-state index in [9.17, 15) is 0 Å². The molecular weight excluding hydrogens is 453 g/mol. The number of hydrogen-bond acceptors (Lipinski definition) is 4. The molecule has 0 unspecified atom stereocenters. The zero-order valence-corrected chi connectivity index (χ0v) is 19.2. The summed E-state index contributed by atoms with van der Waals surface area (Å²) in [5.41, 5.74) is 4.00. The van der Waals surface area contributed by atoms with Crippen molar-refractivity contribution in [2.75, 3.05) is 38.1 Å². The fourth-order valence-corrected chi connectivity index (χ4v) is 3.31. The summed E-state index contributed by atoms with van der Waals surface area (Å²) in [7, 11) is 3.82. The number of rotatable bonds is 3. The van der Waals surface area contributed by atoms with Gasteiger partial charge in [-0.25, -0.2) is 0 Å². The highest BCUT2D eigenvalue weighted by atomic mass is 127. The Hall–Kier alpha value is -1.84. The number of aryl methyl sites for hydroxylation is 3. The van der Waals surface area contributed by atoms with Crippen LogP contribution in [0.25, 0.3) is 0 Å².